The zero-order valence-corrected chi connectivity index (χ0v) is 19.8. The fraction of sp³-hybridized carbons (Fsp3) is 0.0714. The van der Waals surface area contributed by atoms with E-state index in [1.165, 1.54) is 36.0 Å². The number of thioether (sulfide) groups is 1. The van der Waals surface area contributed by atoms with Crippen LogP contribution in [0.1, 0.15) is 21.2 Å². The van der Waals surface area contributed by atoms with Crippen molar-refractivity contribution in [1.82, 2.24) is 0 Å². The smallest absolute Gasteiger partial charge is 0.255 e. The fourth-order valence-corrected chi connectivity index (χ4v) is 4.75. The lowest BCUT2D eigenvalue weighted by Crippen LogP contribution is -2.19. The van der Waals surface area contributed by atoms with Gasteiger partial charge in [0.25, 0.3) is 5.91 Å². The lowest BCUT2D eigenvalue weighted by Gasteiger charge is -2.18. The molecule has 0 saturated heterocycles. The molecule has 0 fully saturated rings. The molecule has 2 amide bonds. The Balaban J connectivity index is 1.34. The summed E-state index contributed by atoms with van der Waals surface area (Å²) in [7, 11) is 0. The summed E-state index contributed by atoms with van der Waals surface area (Å²) in [5, 5.41) is 5.23. The lowest BCUT2D eigenvalue weighted by molar-refractivity contribution is -0.115. The van der Waals surface area contributed by atoms with Gasteiger partial charge in [0, 0.05) is 27.9 Å². The molecule has 4 aromatic carbocycles. The van der Waals surface area contributed by atoms with E-state index in [9.17, 15) is 14.0 Å². The van der Waals surface area contributed by atoms with Gasteiger partial charge in [-0.1, -0.05) is 36.4 Å². The second-order valence-electron chi connectivity index (χ2n) is 7.95. The van der Waals surface area contributed by atoms with Crippen LogP contribution in [0.4, 0.5) is 15.8 Å². The van der Waals surface area contributed by atoms with Crippen molar-refractivity contribution in [2.45, 2.75) is 10.1 Å². The summed E-state index contributed by atoms with van der Waals surface area (Å²) in [6, 6.07) is 27.3. The van der Waals surface area contributed by atoms with Crippen LogP contribution in [0.5, 0.6) is 11.5 Å². The third kappa shape index (κ3) is 5.50. The zero-order chi connectivity index (χ0) is 24.9. The normalized spacial score (nSPS) is 12.6. The third-order valence-electron chi connectivity index (χ3n) is 5.43. The number of carbonyl (C=O) groups is 2. The zero-order valence-electron chi connectivity index (χ0n) is 18.9. The Hall–Kier alpha value is -4.30. The first-order chi connectivity index (χ1) is 17.5. The van der Waals surface area contributed by atoms with Crippen LogP contribution in [0, 0.1) is 5.82 Å². The van der Waals surface area contributed by atoms with Crippen LogP contribution in [-0.2, 0) is 4.79 Å². The van der Waals surface area contributed by atoms with Crippen molar-refractivity contribution < 1.29 is 23.5 Å². The summed E-state index contributed by atoms with van der Waals surface area (Å²) in [5.74, 6) is 0.266. The van der Waals surface area contributed by atoms with Gasteiger partial charge in [-0.15, -0.1) is 11.8 Å². The number of ether oxygens (including phenoxy) is 2. The minimum atomic E-state index is -0.556. The summed E-state index contributed by atoms with van der Waals surface area (Å²) in [6.45, 7) is 0.156. The molecule has 4 aromatic rings. The van der Waals surface area contributed by atoms with Crippen molar-refractivity contribution in [3.63, 3.8) is 0 Å². The van der Waals surface area contributed by atoms with Crippen LogP contribution in [0.15, 0.2) is 102 Å². The topological polar surface area (TPSA) is 76.7 Å². The molecule has 0 bridgehead atoms. The number of hydrogen-bond acceptors (Lipinski definition) is 5. The van der Waals surface area contributed by atoms with E-state index in [-0.39, 0.29) is 18.6 Å². The molecule has 6 nitrogen and oxygen atoms in total. The summed E-state index contributed by atoms with van der Waals surface area (Å²) in [5.41, 5.74) is 2.35. The summed E-state index contributed by atoms with van der Waals surface area (Å²) in [6.07, 6.45) is 0. The maximum absolute atomic E-state index is 13.4. The maximum atomic E-state index is 13.4. The molecule has 1 unspecified atom stereocenters. The second kappa shape index (κ2) is 10.5. The van der Waals surface area contributed by atoms with Gasteiger partial charge in [-0.3, -0.25) is 9.59 Å². The molecule has 5 rings (SSSR count). The van der Waals surface area contributed by atoms with Gasteiger partial charge in [-0.25, -0.2) is 4.39 Å². The van der Waals surface area contributed by atoms with Crippen molar-refractivity contribution in [3.8, 4) is 11.5 Å². The molecule has 0 radical (unpaired) electrons. The Morgan fingerprint density at radius 3 is 2.33 bits per heavy atom. The molecule has 2 N–H and O–H groups in total. The van der Waals surface area contributed by atoms with Crippen molar-refractivity contribution >= 4 is 35.0 Å². The highest BCUT2D eigenvalue weighted by Gasteiger charge is 2.23. The number of halogens is 1. The van der Waals surface area contributed by atoms with Gasteiger partial charge in [-0.2, -0.15) is 0 Å². The van der Waals surface area contributed by atoms with E-state index in [2.05, 4.69) is 10.6 Å². The van der Waals surface area contributed by atoms with Crippen LogP contribution < -0.4 is 20.1 Å². The average molecular weight is 501 g/mol. The molecule has 1 heterocycles. The van der Waals surface area contributed by atoms with Crippen molar-refractivity contribution in [2.75, 3.05) is 17.4 Å². The van der Waals surface area contributed by atoms with Crippen LogP contribution in [-0.4, -0.2) is 18.6 Å². The Labute approximate surface area is 211 Å². The molecule has 0 aromatic heterocycles. The number of hydrogen-bond donors (Lipinski definition) is 2. The highest BCUT2D eigenvalue weighted by Crippen LogP contribution is 2.38. The van der Waals surface area contributed by atoms with Crippen molar-refractivity contribution in [3.05, 3.63) is 114 Å². The van der Waals surface area contributed by atoms with Crippen molar-refractivity contribution in [1.29, 1.82) is 0 Å². The summed E-state index contributed by atoms with van der Waals surface area (Å²) >= 11 is 1.36. The first-order valence-electron chi connectivity index (χ1n) is 11.1. The number of carbonyl (C=O) groups excluding carboxylic acids is 2. The first-order valence-corrected chi connectivity index (χ1v) is 12.0. The minimum Gasteiger partial charge on any atom is -0.454 e. The largest absolute Gasteiger partial charge is 0.454 e. The summed E-state index contributed by atoms with van der Waals surface area (Å²) < 4.78 is 23.9. The van der Waals surface area contributed by atoms with Gasteiger partial charge < -0.3 is 20.1 Å². The highest BCUT2D eigenvalue weighted by atomic mass is 32.2. The Morgan fingerprint density at radius 2 is 1.53 bits per heavy atom. The molecule has 1 atom stereocenters. The van der Waals surface area contributed by atoms with E-state index in [0.29, 0.717) is 28.4 Å². The average Bonchev–Trinajstić information content (AvgIpc) is 3.36. The van der Waals surface area contributed by atoms with Crippen LogP contribution in [0.2, 0.25) is 0 Å². The number of fused-ring (bicyclic) bond motifs is 1. The number of amides is 2. The molecule has 180 valence electrons. The molecule has 36 heavy (non-hydrogen) atoms. The van der Waals surface area contributed by atoms with E-state index in [1.807, 2.05) is 36.4 Å². The summed E-state index contributed by atoms with van der Waals surface area (Å²) in [4.78, 5) is 26.7. The SMILES string of the molecule is O=C(Nc1cccc(SC(C(=O)Nc2ccc3c(c2)OCO3)c2ccccc2)c1)c1ccc(F)cc1. The standard InChI is InChI=1S/C28H21FN2O4S/c29-20-11-9-19(10-12-20)27(32)30-21-7-4-8-23(15-21)36-26(18-5-2-1-3-6-18)28(33)31-22-13-14-24-25(16-22)35-17-34-24/h1-16,26H,17H2,(H,30,32)(H,31,33). The van der Waals surface area contributed by atoms with Crippen LogP contribution in [0.25, 0.3) is 0 Å². The van der Waals surface area contributed by atoms with Crippen molar-refractivity contribution in [2.24, 2.45) is 0 Å². The lowest BCUT2D eigenvalue weighted by atomic mass is 10.1. The Bertz CT molecular complexity index is 1400. The van der Waals surface area contributed by atoms with E-state index in [1.54, 1.807) is 36.4 Å². The van der Waals surface area contributed by atoms with Gasteiger partial charge in [-0.05, 0) is 60.2 Å². The molecule has 0 spiro atoms. The molecule has 8 heteroatoms. The van der Waals surface area contributed by atoms with E-state index in [0.717, 1.165) is 10.5 Å². The molecular weight excluding hydrogens is 479 g/mol. The van der Waals surface area contributed by atoms with Gasteiger partial charge in [0.15, 0.2) is 11.5 Å². The predicted molar refractivity (Wildman–Crippen MR) is 137 cm³/mol. The molecule has 0 saturated carbocycles. The minimum absolute atomic E-state index is 0.156. The Kier molecular flexibility index (Phi) is 6.86. The number of rotatable bonds is 7. The fourth-order valence-electron chi connectivity index (χ4n) is 3.67. The molecule has 0 aliphatic carbocycles. The van der Waals surface area contributed by atoms with Gasteiger partial charge in [0.2, 0.25) is 12.7 Å². The second-order valence-corrected chi connectivity index (χ2v) is 9.13. The van der Waals surface area contributed by atoms with Gasteiger partial charge in [0.05, 0.1) is 0 Å². The Morgan fingerprint density at radius 1 is 0.778 bits per heavy atom. The molecular formula is C28H21FN2O4S. The highest BCUT2D eigenvalue weighted by molar-refractivity contribution is 8.00. The predicted octanol–water partition coefficient (Wildman–Crippen LogP) is 6.28. The monoisotopic (exact) mass is 500 g/mol. The van der Waals surface area contributed by atoms with Gasteiger partial charge >= 0.3 is 0 Å². The first kappa shape index (κ1) is 23.4. The van der Waals surface area contributed by atoms with E-state index in [4.69, 9.17) is 9.47 Å². The van der Waals surface area contributed by atoms with Crippen LogP contribution in [0.3, 0.4) is 0 Å². The maximum Gasteiger partial charge on any atom is 0.255 e. The quantitative estimate of drug-likeness (QED) is 0.292. The van der Waals surface area contributed by atoms with E-state index < -0.39 is 11.1 Å². The third-order valence-corrected chi connectivity index (χ3v) is 6.68. The van der Waals surface area contributed by atoms with E-state index >= 15 is 0 Å². The number of nitrogens with one attached hydrogen (secondary N) is 2. The van der Waals surface area contributed by atoms with Gasteiger partial charge in [0.1, 0.15) is 11.1 Å². The number of benzene rings is 4. The molecule has 1 aliphatic heterocycles. The number of anilines is 2. The van der Waals surface area contributed by atoms with Crippen LogP contribution >= 0.6 is 11.8 Å². The molecule has 1 aliphatic rings.